The molecule has 1 aliphatic rings. The van der Waals surface area contributed by atoms with E-state index in [1.165, 1.54) is 31.5 Å². The summed E-state index contributed by atoms with van der Waals surface area (Å²) in [5.41, 5.74) is 1.38. The summed E-state index contributed by atoms with van der Waals surface area (Å²) in [6.45, 7) is 3.55. The van der Waals surface area contributed by atoms with Crippen molar-refractivity contribution in [2.24, 2.45) is 5.92 Å². The Bertz CT molecular complexity index is 281. The van der Waals surface area contributed by atoms with Gasteiger partial charge in [-0.25, -0.2) is 0 Å². The Balaban J connectivity index is 1.82. The van der Waals surface area contributed by atoms with Crippen LogP contribution in [0.25, 0.3) is 0 Å². The Kier molecular flexibility index (Phi) is 4.15. The minimum absolute atomic E-state index is 0.888. The summed E-state index contributed by atoms with van der Waals surface area (Å²) < 4.78 is 0. The van der Waals surface area contributed by atoms with Crippen molar-refractivity contribution in [3.05, 3.63) is 30.1 Å². The second-order valence-corrected chi connectivity index (χ2v) is 4.88. The summed E-state index contributed by atoms with van der Waals surface area (Å²) in [4.78, 5) is 6.58. The number of nitrogens with zero attached hydrogens (tertiary/aromatic N) is 2. The van der Waals surface area contributed by atoms with Crippen LogP contribution in [-0.4, -0.2) is 28.3 Å². The van der Waals surface area contributed by atoms with Crippen molar-refractivity contribution in [3.8, 4) is 0 Å². The molecule has 0 spiro atoms. The molecule has 82 valence electrons. The van der Waals surface area contributed by atoms with Gasteiger partial charge >= 0.3 is 0 Å². The van der Waals surface area contributed by atoms with Crippen molar-refractivity contribution in [1.82, 2.24) is 9.88 Å². The SMILES string of the molecule is BrCC1CCN(Cc2ccncc2)CC1. The highest BCUT2D eigenvalue weighted by atomic mass is 79.9. The summed E-state index contributed by atoms with van der Waals surface area (Å²) >= 11 is 3.57. The lowest BCUT2D eigenvalue weighted by molar-refractivity contribution is 0.187. The van der Waals surface area contributed by atoms with Crippen LogP contribution in [0.15, 0.2) is 24.5 Å². The van der Waals surface area contributed by atoms with Gasteiger partial charge < -0.3 is 0 Å². The fraction of sp³-hybridized carbons (Fsp3) is 0.583. The van der Waals surface area contributed by atoms with Crippen LogP contribution in [0, 0.1) is 5.92 Å². The lowest BCUT2D eigenvalue weighted by Crippen LogP contribution is -2.33. The first-order valence-electron chi connectivity index (χ1n) is 5.55. The third-order valence-electron chi connectivity index (χ3n) is 3.08. The van der Waals surface area contributed by atoms with Crippen LogP contribution in [0.1, 0.15) is 18.4 Å². The van der Waals surface area contributed by atoms with Crippen LogP contribution in [-0.2, 0) is 6.54 Å². The number of piperidine rings is 1. The van der Waals surface area contributed by atoms with E-state index in [9.17, 15) is 0 Å². The standard InChI is InChI=1S/C12H17BrN2/c13-9-11-3-7-15(8-4-11)10-12-1-5-14-6-2-12/h1-2,5-6,11H,3-4,7-10H2. The van der Waals surface area contributed by atoms with E-state index in [2.05, 4.69) is 37.9 Å². The molecule has 0 aliphatic carbocycles. The molecule has 0 radical (unpaired) electrons. The third kappa shape index (κ3) is 3.28. The summed E-state index contributed by atoms with van der Waals surface area (Å²) in [5.74, 6) is 0.888. The molecule has 0 aromatic carbocycles. The van der Waals surface area contributed by atoms with Crippen molar-refractivity contribution >= 4 is 15.9 Å². The van der Waals surface area contributed by atoms with Gasteiger partial charge in [0.25, 0.3) is 0 Å². The molecule has 1 aromatic rings. The Hall–Kier alpha value is -0.410. The van der Waals surface area contributed by atoms with Crippen molar-refractivity contribution in [2.75, 3.05) is 18.4 Å². The number of hydrogen-bond donors (Lipinski definition) is 0. The van der Waals surface area contributed by atoms with Crippen molar-refractivity contribution in [2.45, 2.75) is 19.4 Å². The molecule has 2 nitrogen and oxygen atoms in total. The van der Waals surface area contributed by atoms with Crippen LogP contribution in [0.3, 0.4) is 0 Å². The number of aromatic nitrogens is 1. The highest BCUT2D eigenvalue weighted by Crippen LogP contribution is 2.20. The van der Waals surface area contributed by atoms with Crippen LogP contribution in [0.2, 0.25) is 0 Å². The molecule has 0 unspecified atom stereocenters. The second kappa shape index (κ2) is 5.61. The zero-order valence-corrected chi connectivity index (χ0v) is 10.5. The van der Waals surface area contributed by atoms with E-state index < -0.39 is 0 Å². The van der Waals surface area contributed by atoms with Gasteiger partial charge in [-0.15, -0.1) is 0 Å². The van der Waals surface area contributed by atoms with E-state index in [0.717, 1.165) is 17.8 Å². The first kappa shape index (κ1) is 11.1. The quantitative estimate of drug-likeness (QED) is 0.784. The zero-order chi connectivity index (χ0) is 10.5. The number of pyridine rings is 1. The average Bonchev–Trinajstić information content (AvgIpc) is 2.31. The molecule has 0 bridgehead atoms. The normalized spacial score (nSPS) is 19.3. The van der Waals surface area contributed by atoms with E-state index in [1.807, 2.05) is 12.4 Å². The summed E-state index contributed by atoms with van der Waals surface area (Å²) in [7, 11) is 0. The summed E-state index contributed by atoms with van der Waals surface area (Å²) in [5, 5.41) is 1.16. The van der Waals surface area contributed by atoms with Crippen LogP contribution < -0.4 is 0 Å². The largest absolute Gasteiger partial charge is 0.299 e. The lowest BCUT2D eigenvalue weighted by Gasteiger charge is -2.31. The molecule has 3 heteroatoms. The van der Waals surface area contributed by atoms with Crippen molar-refractivity contribution < 1.29 is 0 Å². The predicted octanol–water partition coefficient (Wildman–Crippen LogP) is 2.69. The number of rotatable bonds is 3. The molecule has 0 atom stereocenters. The Morgan fingerprint density at radius 1 is 1.27 bits per heavy atom. The van der Waals surface area contributed by atoms with Crippen LogP contribution in [0.5, 0.6) is 0 Å². The molecule has 1 aromatic heterocycles. The molecule has 1 fully saturated rings. The molecule has 0 saturated carbocycles. The Morgan fingerprint density at radius 2 is 1.93 bits per heavy atom. The predicted molar refractivity (Wildman–Crippen MR) is 66.0 cm³/mol. The van der Waals surface area contributed by atoms with Gasteiger partial charge in [0, 0.05) is 24.3 Å². The van der Waals surface area contributed by atoms with Crippen LogP contribution >= 0.6 is 15.9 Å². The van der Waals surface area contributed by atoms with Gasteiger partial charge in [-0.3, -0.25) is 9.88 Å². The molecular formula is C12H17BrN2. The van der Waals surface area contributed by atoms with Gasteiger partial charge in [-0.05, 0) is 49.5 Å². The minimum Gasteiger partial charge on any atom is -0.299 e. The maximum absolute atomic E-state index is 4.04. The number of likely N-dealkylation sites (tertiary alicyclic amines) is 1. The van der Waals surface area contributed by atoms with Crippen molar-refractivity contribution in [1.29, 1.82) is 0 Å². The Labute approximate surface area is 99.8 Å². The number of alkyl halides is 1. The second-order valence-electron chi connectivity index (χ2n) is 4.23. The number of hydrogen-bond acceptors (Lipinski definition) is 2. The van der Waals surface area contributed by atoms with Gasteiger partial charge in [-0.2, -0.15) is 0 Å². The summed E-state index contributed by atoms with van der Waals surface area (Å²) in [6, 6.07) is 4.22. The van der Waals surface area contributed by atoms with E-state index in [-0.39, 0.29) is 0 Å². The molecule has 1 aliphatic heterocycles. The van der Waals surface area contributed by atoms with E-state index in [1.54, 1.807) is 0 Å². The molecule has 1 saturated heterocycles. The first-order chi connectivity index (χ1) is 7.38. The molecular weight excluding hydrogens is 252 g/mol. The Morgan fingerprint density at radius 3 is 2.53 bits per heavy atom. The van der Waals surface area contributed by atoms with Crippen molar-refractivity contribution in [3.63, 3.8) is 0 Å². The fourth-order valence-corrected chi connectivity index (χ4v) is 2.69. The monoisotopic (exact) mass is 268 g/mol. The van der Waals surface area contributed by atoms with Gasteiger partial charge in [-0.1, -0.05) is 15.9 Å². The maximum Gasteiger partial charge on any atom is 0.0271 e. The fourth-order valence-electron chi connectivity index (χ4n) is 2.05. The van der Waals surface area contributed by atoms with Gasteiger partial charge in [0.15, 0.2) is 0 Å². The number of halogens is 1. The maximum atomic E-state index is 4.04. The first-order valence-corrected chi connectivity index (χ1v) is 6.68. The van der Waals surface area contributed by atoms with Gasteiger partial charge in [0.2, 0.25) is 0 Å². The summed E-state index contributed by atoms with van der Waals surface area (Å²) in [6.07, 6.45) is 6.41. The third-order valence-corrected chi connectivity index (χ3v) is 4.00. The van der Waals surface area contributed by atoms with Crippen LogP contribution in [0.4, 0.5) is 0 Å². The average molecular weight is 269 g/mol. The van der Waals surface area contributed by atoms with E-state index in [0.29, 0.717) is 0 Å². The minimum atomic E-state index is 0.888. The zero-order valence-electron chi connectivity index (χ0n) is 8.90. The van der Waals surface area contributed by atoms with Gasteiger partial charge in [0.1, 0.15) is 0 Å². The van der Waals surface area contributed by atoms with Gasteiger partial charge in [0.05, 0.1) is 0 Å². The topological polar surface area (TPSA) is 16.1 Å². The molecule has 0 N–H and O–H groups in total. The molecule has 2 heterocycles. The molecule has 2 rings (SSSR count). The van der Waals surface area contributed by atoms with E-state index >= 15 is 0 Å². The molecule has 15 heavy (non-hydrogen) atoms. The lowest BCUT2D eigenvalue weighted by atomic mass is 9.99. The van der Waals surface area contributed by atoms with E-state index in [4.69, 9.17) is 0 Å². The highest BCUT2D eigenvalue weighted by molar-refractivity contribution is 9.09. The highest BCUT2D eigenvalue weighted by Gasteiger charge is 2.17. The molecule has 0 amide bonds. The smallest absolute Gasteiger partial charge is 0.0271 e.